The molecule has 0 saturated heterocycles. The van der Waals surface area contributed by atoms with Crippen LogP contribution in [0.4, 0.5) is 4.39 Å². The van der Waals surface area contributed by atoms with Gasteiger partial charge in [-0.15, -0.1) is 11.8 Å². The lowest BCUT2D eigenvalue weighted by atomic mass is 10.1. The highest BCUT2D eigenvalue weighted by molar-refractivity contribution is 7.99. The molecule has 2 aromatic carbocycles. The quantitative estimate of drug-likeness (QED) is 0.515. The lowest BCUT2D eigenvalue weighted by molar-refractivity contribution is -0.138. The van der Waals surface area contributed by atoms with Gasteiger partial charge in [0.15, 0.2) is 0 Å². The van der Waals surface area contributed by atoms with E-state index in [2.05, 4.69) is 5.32 Å². The second-order valence-corrected chi connectivity index (χ2v) is 9.03. The summed E-state index contributed by atoms with van der Waals surface area (Å²) in [6.45, 7) is 7.99. The molecular formula is C24H30ClFN2O2S. The molecule has 0 unspecified atom stereocenters. The molecule has 0 aliphatic carbocycles. The average Bonchev–Trinajstić information content (AvgIpc) is 2.74. The van der Waals surface area contributed by atoms with Crippen LogP contribution in [0.15, 0.2) is 42.5 Å². The fraction of sp³-hybridized carbons (Fsp3) is 0.417. The van der Waals surface area contributed by atoms with Gasteiger partial charge in [-0.1, -0.05) is 48.9 Å². The number of amides is 2. The van der Waals surface area contributed by atoms with Gasteiger partial charge in [-0.05, 0) is 50.5 Å². The normalized spacial score (nSPS) is 12.8. The number of hydrogen-bond donors (Lipinski definition) is 1. The maximum absolute atomic E-state index is 14.0. The highest BCUT2D eigenvalue weighted by Crippen LogP contribution is 2.24. The van der Waals surface area contributed by atoms with E-state index in [1.807, 2.05) is 45.0 Å². The molecule has 2 amide bonds. The summed E-state index contributed by atoms with van der Waals surface area (Å²) in [5.41, 5.74) is 2.43. The second-order valence-electron chi connectivity index (χ2n) is 7.63. The zero-order valence-corrected chi connectivity index (χ0v) is 20.0. The Hall–Kier alpha value is -2.05. The molecular weight excluding hydrogens is 435 g/mol. The number of carbonyl (C=O) groups excluding carboxylic acids is 2. The molecule has 0 spiro atoms. The number of rotatable bonds is 10. The predicted molar refractivity (Wildman–Crippen MR) is 127 cm³/mol. The number of thioether (sulfide) groups is 1. The van der Waals surface area contributed by atoms with Crippen LogP contribution in [0, 0.1) is 12.7 Å². The van der Waals surface area contributed by atoms with Gasteiger partial charge in [0.25, 0.3) is 0 Å². The third-order valence-electron chi connectivity index (χ3n) is 5.30. The Labute approximate surface area is 193 Å². The standard InChI is InChI=1S/C24H30ClFN2O2S/c1-5-17(3)27-24(30)18(4)28(13-19-10-7-6-9-16(19)2)23(29)15-31-14-20-21(25)11-8-12-22(20)26/h6-12,17-18H,5,13-15H2,1-4H3,(H,27,30)/t17-,18+/m1/s1. The van der Waals surface area contributed by atoms with Crippen LogP contribution >= 0.6 is 23.4 Å². The highest BCUT2D eigenvalue weighted by Gasteiger charge is 2.27. The maximum Gasteiger partial charge on any atom is 0.242 e. The van der Waals surface area contributed by atoms with Crippen molar-refractivity contribution in [2.75, 3.05) is 5.75 Å². The molecule has 2 rings (SSSR count). The number of carbonyl (C=O) groups is 2. The molecule has 0 aromatic heterocycles. The third kappa shape index (κ3) is 7.25. The molecule has 7 heteroatoms. The molecule has 0 aliphatic heterocycles. The van der Waals surface area contributed by atoms with Crippen LogP contribution in [-0.2, 0) is 21.9 Å². The molecule has 0 radical (unpaired) electrons. The molecule has 168 valence electrons. The number of halogens is 2. The van der Waals surface area contributed by atoms with Gasteiger partial charge in [0.1, 0.15) is 11.9 Å². The molecule has 4 nitrogen and oxygen atoms in total. The van der Waals surface area contributed by atoms with Gasteiger partial charge in [0, 0.05) is 28.9 Å². The van der Waals surface area contributed by atoms with Crippen molar-refractivity contribution in [2.24, 2.45) is 0 Å². The summed E-state index contributed by atoms with van der Waals surface area (Å²) in [7, 11) is 0. The molecule has 2 aromatic rings. The van der Waals surface area contributed by atoms with E-state index in [0.717, 1.165) is 17.5 Å². The fourth-order valence-electron chi connectivity index (χ4n) is 3.01. The van der Waals surface area contributed by atoms with Crippen molar-refractivity contribution in [3.63, 3.8) is 0 Å². The Balaban J connectivity index is 2.13. The monoisotopic (exact) mass is 464 g/mol. The number of benzene rings is 2. The fourth-order valence-corrected chi connectivity index (χ4v) is 4.26. The Morgan fingerprint density at radius 1 is 1.16 bits per heavy atom. The van der Waals surface area contributed by atoms with Gasteiger partial charge in [0.05, 0.1) is 5.75 Å². The van der Waals surface area contributed by atoms with Crippen LogP contribution in [0.25, 0.3) is 0 Å². The minimum Gasteiger partial charge on any atom is -0.352 e. The Morgan fingerprint density at radius 2 is 1.87 bits per heavy atom. The molecule has 31 heavy (non-hydrogen) atoms. The molecule has 0 fully saturated rings. The van der Waals surface area contributed by atoms with Crippen molar-refractivity contribution < 1.29 is 14.0 Å². The first kappa shape index (κ1) is 25.2. The van der Waals surface area contributed by atoms with Gasteiger partial charge >= 0.3 is 0 Å². The summed E-state index contributed by atoms with van der Waals surface area (Å²) >= 11 is 7.37. The van der Waals surface area contributed by atoms with Crippen LogP contribution in [0.3, 0.4) is 0 Å². The number of nitrogens with one attached hydrogen (secondary N) is 1. The SMILES string of the molecule is CC[C@@H](C)NC(=O)[C@H](C)N(Cc1ccccc1C)C(=O)CSCc1c(F)cccc1Cl. The van der Waals surface area contributed by atoms with E-state index in [4.69, 9.17) is 11.6 Å². The van der Waals surface area contributed by atoms with Crippen LogP contribution in [0.1, 0.15) is 43.9 Å². The van der Waals surface area contributed by atoms with E-state index in [1.165, 1.54) is 17.8 Å². The van der Waals surface area contributed by atoms with Gasteiger partial charge in [0.2, 0.25) is 11.8 Å². The van der Waals surface area contributed by atoms with Gasteiger partial charge in [-0.2, -0.15) is 0 Å². The van der Waals surface area contributed by atoms with E-state index >= 15 is 0 Å². The van der Waals surface area contributed by atoms with Crippen molar-refractivity contribution in [2.45, 2.75) is 58.5 Å². The summed E-state index contributed by atoms with van der Waals surface area (Å²) in [4.78, 5) is 27.5. The Bertz CT molecular complexity index is 889. The van der Waals surface area contributed by atoms with E-state index in [-0.39, 0.29) is 35.2 Å². The van der Waals surface area contributed by atoms with Crippen molar-refractivity contribution in [1.29, 1.82) is 0 Å². The zero-order chi connectivity index (χ0) is 23.0. The smallest absolute Gasteiger partial charge is 0.242 e. The molecule has 1 N–H and O–H groups in total. The van der Waals surface area contributed by atoms with E-state index < -0.39 is 6.04 Å². The largest absolute Gasteiger partial charge is 0.352 e. The molecule has 2 atom stereocenters. The Kier molecular flexibility index (Phi) is 9.85. The summed E-state index contributed by atoms with van der Waals surface area (Å²) in [5.74, 6) is -0.336. The zero-order valence-electron chi connectivity index (χ0n) is 18.5. The van der Waals surface area contributed by atoms with Gasteiger partial charge < -0.3 is 10.2 Å². The summed E-state index contributed by atoms with van der Waals surface area (Å²) < 4.78 is 14.0. The lowest BCUT2D eigenvalue weighted by Crippen LogP contribution is -2.50. The lowest BCUT2D eigenvalue weighted by Gasteiger charge is -2.30. The van der Waals surface area contributed by atoms with Crippen molar-refractivity contribution in [3.05, 3.63) is 70.0 Å². The first-order valence-corrected chi connectivity index (χ1v) is 11.9. The van der Waals surface area contributed by atoms with Crippen LogP contribution in [0.2, 0.25) is 5.02 Å². The summed E-state index contributed by atoms with van der Waals surface area (Å²) in [6.07, 6.45) is 0.809. The summed E-state index contributed by atoms with van der Waals surface area (Å²) in [6, 6.07) is 11.8. The van der Waals surface area contributed by atoms with Gasteiger partial charge in [-0.25, -0.2) is 4.39 Å². The molecule has 0 saturated carbocycles. The number of hydrogen-bond acceptors (Lipinski definition) is 3. The number of aryl methyl sites for hydroxylation is 1. The topological polar surface area (TPSA) is 49.4 Å². The van der Waals surface area contributed by atoms with Crippen LogP contribution in [0.5, 0.6) is 0 Å². The van der Waals surface area contributed by atoms with Gasteiger partial charge in [-0.3, -0.25) is 9.59 Å². The maximum atomic E-state index is 14.0. The van der Waals surface area contributed by atoms with Crippen LogP contribution < -0.4 is 5.32 Å². The van der Waals surface area contributed by atoms with E-state index in [1.54, 1.807) is 24.0 Å². The first-order valence-electron chi connectivity index (χ1n) is 10.4. The van der Waals surface area contributed by atoms with E-state index in [9.17, 15) is 14.0 Å². The molecule has 0 heterocycles. The predicted octanol–water partition coefficient (Wildman–Crippen LogP) is 5.35. The minimum atomic E-state index is -0.626. The average molecular weight is 465 g/mol. The minimum absolute atomic E-state index is 0.0305. The van der Waals surface area contributed by atoms with Crippen molar-refractivity contribution in [3.8, 4) is 0 Å². The summed E-state index contributed by atoms with van der Waals surface area (Å²) in [5, 5.41) is 3.30. The first-order chi connectivity index (χ1) is 14.7. The van der Waals surface area contributed by atoms with Crippen LogP contribution in [-0.4, -0.2) is 34.6 Å². The highest BCUT2D eigenvalue weighted by atomic mass is 35.5. The number of nitrogens with zero attached hydrogens (tertiary/aromatic N) is 1. The molecule has 0 aliphatic rings. The third-order valence-corrected chi connectivity index (χ3v) is 6.60. The van der Waals surface area contributed by atoms with Crippen molar-refractivity contribution >= 4 is 35.2 Å². The van der Waals surface area contributed by atoms with Crippen molar-refractivity contribution in [1.82, 2.24) is 10.2 Å². The van der Waals surface area contributed by atoms with E-state index in [0.29, 0.717) is 17.1 Å². The Morgan fingerprint density at radius 3 is 2.52 bits per heavy atom. The second kappa shape index (κ2) is 12.1. The molecule has 0 bridgehead atoms.